The van der Waals surface area contributed by atoms with Gasteiger partial charge >= 0.3 is 0 Å². The van der Waals surface area contributed by atoms with E-state index in [9.17, 15) is 20.0 Å². The van der Waals surface area contributed by atoms with Gasteiger partial charge in [-0.15, -0.1) is 10.2 Å². The number of aryl methyl sites for hydroxylation is 1. The molecular weight excluding hydrogens is 502 g/mol. The number of carbonyl (C=O) groups is 2. The molecule has 5 rings (SSSR count). The number of hydrogen-bond donors (Lipinski definition) is 1. The highest BCUT2D eigenvalue weighted by atomic mass is 16.4. The molecule has 2 unspecified atom stereocenters. The lowest BCUT2D eigenvalue weighted by atomic mass is 9.37. The number of rotatable bonds is 5. The van der Waals surface area contributed by atoms with E-state index in [-0.39, 0.29) is 50.8 Å². The molecule has 1 aromatic heterocycles. The Morgan fingerprint density at radius 3 is 2.52 bits per heavy atom. The van der Waals surface area contributed by atoms with E-state index in [4.69, 9.17) is 4.42 Å². The molecule has 7 nitrogen and oxygen atoms in total. The van der Waals surface area contributed by atoms with E-state index in [0.29, 0.717) is 31.0 Å². The lowest BCUT2D eigenvalue weighted by Crippen LogP contribution is -2.63. The summed E-state index contributed by atoms with van der Waals surface area (Å²) in [6.45, 7) is 14.5. The molecule has 4 aliphatic carbocycles. The summed E-state index contributed by atoms with van der Waals surface area (Å²) >= 11 is 0. The van der Waals surface area contributed by atoms with Crippen LogP contribution in [0.3, 0.4) is 0 Å². The first-order valence-corrected chi connectivity index (χ1v) is 15.1. The summed E-state index contributed by atoms with van der Waals surface area (Å²) in [7, 11) is 0. The molecule has 3 fully saturated rings. The van der Waals surface area contributed by atoms with Crippen LogP contribution >= 0.6 is 0 Å². The SMILES string of the molecule is CC/C=C(/C#N)C(=O)[C@@](C)(O)[C@@H]1CC[C@]2(C)C(=CC(=O)C3C4CC(C)(C)CC[C@]4(c4nnc(C)o4)CC[C@]32C)C1. The van der Waals surface area contributed by atoms with Crippen molar-refractivity contribution in [3.63, 3.8) is 0 Å². The van der Waals surface area contributed by atoms with Gasteiger partial charge in [0.2, 0.25) is 17.6 Å². The fourth-order valence-electron chi connectivity index (χ4n) is 9.15. The molecule has 0 saturated heterocycles. The van der Waals surface area contributed by atoms with Crippen molar-refractivity contribution in [1.82, 2.24) is 10.2 Å². The molecule has 7 heteroatoms. The number of carbonyl (C=O) groups excluding carboxylic acids is 2. The Bertz CT molecular complexity index is 1330. The number of nitrogens with zero attached hydrogens (tertiary/aromatic N) is 3. The Morgan fingerprint density at radius 1 is 1.20 bits per heavy atom. The van der Waals surface area contributed by atoms with Crippen LogP contribution in [0.5, 0.6) is 0 Å². The number of Topliss-reactive ketones (excluding diaryl/α,β-unsaturated/α-hetero) is 1. The third-order valence-electron chi connectivity index (χ3n) is 11.9. The fourth-order valence-corrected chi connectivity index (χ4v) is 9.15. The molecule has 0 radical (unpaired) electrons. The first-order valence-electron chi connectivity index (χ1n) is 15.1. The Kier molecular flexibility index (Phi) is 6.85. The van der Waals surface area contributed by atoms with E-state index in [1.54, 1.807) is 13.0 Å². The van der Waals surface area contributed by atoms with Crippen molar-refractivity contribution in [3.8, 4) is 6.07 Å². The van der Waals surface area contributed by atoms with Crippen LogP contribution in [-0.2, 0) is 15.0 Å². The zero-order chi connectivity index (χ0) is 29.3. The minimum absolute atomic E-state index is 0.0151. The summed E-state index contributed by atoms with van der Waals surface area (Å²) in [5.41, 5.74) is -1.25. The van der Waals surface area contributed by atoms with Gasteiger partial charge < -0.3 is 9.52 Å². The van der Waals surface area contributed by atoms with Gasteiger partial charge in [0.15, 0.2) is 5.78 Å². The predicted molar refractivity (Wildman–Crippen MR) is 151 cm³/mol. The van der Waals surface area contributed by atoms with E-state index in [2.05, 4.69) is 37.9 Å². The zero-order valence-corrected chi connectivity index (χ0v) is 25.3. The molecule has 0 bridgehead atoms. The Labute approximate surface area is 238 Å². The van der Waals surface area contributed by atoms with Crippen LogP contribution in [-0.4, -0.2) is 32.5 Å². The fraction of sp³-hybridized carbons (Fsp3) is 0.727. The molecule has 1 heterocycles. The summed E-state index contributed by atoms with van der Waals surface area (Å²) in [5.74, 6) is 0.520. The second kappa shape index (κ2) is 9.48. The summed E-state index contributed by atoms with van der Waals surface area (Å²) in [5, 5.41) is 29.7. The number of ketones is 2. The van der Waals surface area contributed by atoms with Crippen molar-refractivity contribution in [2.45, 2.75) is 117 Å². The van der Waals surface area contributed by atoms with Gasteiger partial charge in [0.1, 0.15) is 11.7 Å². The molecule has 4 aliphatic rings. The number of hydrogen-bond acceptors (Lipinski definition) is 7. The average molecular weight is 548 g/mol. The van der Waals surface area contributed by atoms with Gasteiger partial charge in [0, 0.05) is 12.8 Å². The number of allylic oxidation sites excluding steroid dienone is 3. The predicted octanol–water partition coefficient (Wildman–Crippen LogP) is 6.35. The number of aromatic nitrogens is 2. The minimum atomic E-state index is -1.66. The summed E-state index contributed by atoms with van der Waals surface area (Å²) in [6, 6.07) is 1.98. The summed E-state index contributed by atoms with van der Waals surface area (Å²) in [6.07, 6.45) is 10.7. The molecule has 0 aromatic carbocycles. The number of nitriles is 1. The molecule has 1 aromatic rings. The molecule has 7 atom stereocenters. The first-order chi connectivity index (χ1) is 18.6. The van der Waals surface area contributed by atoms with E-state index >= 15 is 0 Å². The van der Waals surface area contributed by atoms with E-state index < -0.39 is 11.4 Å². The van der Waals surface area contributed by atoms with Gasteiger partial charge in [0.25, 0.3) is 0 Å². The van der Waals surface area contributed by atoms with Crippen molar-refractivity contribution in [3.05, 3.63) is 35.1 Å². The van der Waals surface area contributed by atoms with Gasteiger partial charge in [-0.1, -0.05) is 46.3 Å². The standard InChI is InChI=1S/C33H45N3O4/c1-8-9-21(19-34)27(38)32(7,39)22-10-11-30(5)23(16-22)17-25(37)26-24-18-29(3,4)12-14-33(24,15-13-31(26,30)6)28-36-35-20(2)40-28/h9,17,22,24,26,39H,8,10-16,18H2,1-7H3/b21-9-/t22-,24?,26?,30-,31-,32+,33+/m1/s1. The van der Waals surface area contributed by atoms with Crippen molar-refractivity contribution in [2.75, 3.05) is 0 Å². The van der Waals surface area contributed by atoms with E-state index in [1.807, 2.05) is 26.0 Å². The van der Waals surface area contributed by atoms with Crippen LogP contribution < -0.4 is 0 Å². The van der Waals surface area contributed by atoms with Crippen LogP contribution in [0.25, 0.3) is 0 Å². The highest BCUT2D eigenvalue weighted by Crippen LogP contribution is 2.71. The Balaban J connectivity index is 1.53. The van der Waals surface area contributed by atoms with Crippen LogP contribution in [0.4, 0.5) is 0 Å². The van der Waals surface area contributed by atoms with Gasteiger partial charge in [-0.25, -0.2) is 0 Å². The summed E-state index contributed by atoms with van der Waals surface area (Å²) in [4.78, 5) is 27.5. The third-order valence-corrected chi connectivity index (χ3v) is 11.9. The lowest BCUT2D eigenvalue weighted by Gasteiger charge is -2.66. The zero-order valence-electron chi connectivity index (χ0n) is 25.3. The molecular formula is C33H45N3O4. The van der Waals surface area contributed by atoms with Gasteiger partial charge in [-0.2, -0.15) is 5.26 Å². The number of aliphatic hydroxyl groups is 1. The van der Waals surface area contributed by atoms with Crippen molar-refractivity contribution < 1.29 is 19.1 Å². The minimum Gasteiger partial charge on any atom is -0.425 e. The van der Waals surface area contributed by atoms with Crippen LogP contribution in [0, 0.1) is 52.3 Å². The molecule has 1 N–H and O–H groups in total. The van der Waals surface area contributed by atoms with E-state index in [1.165, 1.54) is 0 Å². The molecule has 0 aliphatic heterocycles. The molecule has 40 heavy (non-hydrogen) atoms. The second-order valence-electron chi connectivity index (χ2n) is 14.6. The molecule has 0 spiro atoms. The molecule has 3 saturated carbocycles. The van der Waals surface area contributed by atoms with Crippen molar-refractivity contribution >= 4 is 11.6 Å². The normalized spacial score (nSPS) is 38.7. The quantitative estimate of drug-likeness (QED) is 0.337. The third kappa shape index (κ3) is 4.08. The van der Waals surface area contributed by atoms with E-state index in [0.717, 1.165) is 44.1 Å². The highest BCUT2D eigenvalue weighted by molar-refractivity contribution is 6.04. The van der Waals surface area contributed by atoms with Crippen molar-refractivity contribution in [2.24, 2.45) is 34.0 Å². The van der Waals surface area contributed by atoms with Gasteiger partial charge in [-0.05, 0) is 98.9 Å². The topological polar surface area (TPSA) is 117 Å². The molecule has 216 valence electrons. The lowest BCUT2D eigenvalue weighted by molar-refractivity contribution is -0.158. The molecule has 0 amide bonds. The monoisotopic (exact) mass is 547 g/mol. The Hall–Kier alpha value is -2.59. The van der Waals surface area contributed by atoms with Crippen LogP contribution in [0.1, 0.15) is 111 Å². The van der Waals surface area contributed by atoms with Crippen LogP contribution in [0.15, 0.2) is 27.7 Å². The van der Waals surface area contributed by atoms with Gasteiger partial charge in [-0.3, -0.25) is 9.59 Å². The smallest absolute Gasteiger partial charge is 0.222 e. The highest BCUT2D eigenvalue weighted by Gasteiger charge is 2.67. The van der Waals surface area contributed by atoms with Crippen molar-refractivity contribution in [1.29, 1.82) is 5.26 Å². The second-order valence-corrected chi connectivity index (χ2v) is 14.6. The summed E-state index contributed by atoms with van der Waals surface area (Å²) < 4.78 is 6.11. The maximum atomic E-state index is 14.3. The Morgan fingerprint density at radius 2 is 1.90 bits per heavy atom. The van der Waals surface area contributed by atoms with Gasteiger partial charge in [0.05, 0.1) is 11.0 Å². The maximum Gasteiger partial charge on any atom is 0.222 e. The first kappa shape index (κ1) is 28.9. The number of fused-ring (bicyclic) bond motifs is 5. The average Bonchev–Trinajstić information content (AvgIpc) is 3.33. The van der Waals surface area contributed by atoms with Crippen LogP contribution in [0.2, 0.25) is 0 Å². The largest absolute Gasteiger partial charge is 0.425 e. The maximum absolute atomic E-state index is 14.3.